The molecule has 0 unspecified atom stereocenters. The number of hydrogen-bond donors (Lipinski definition) is 1. The van der Waals surface area contributed by atoms with Crippen LogP contribution >= 0.6 is 11.6 Å². The molecule has 1 aromatic heterocycles. The minimum atomic E-state index is -1.15. The molecule has 0 aliphatic heterocycles. The highest BCUT2D eigenvalue weighted by Crippen LogP contribution is 2.21. The molecule has 0 aliphatic carbocycles. The Kier molecular flexibility index (Phi) is 3.87. The summed E-state index contributed by atoms with van der Waals surface area (Å²) in [5, 5.41) is 13.6. The van der Waals surface area contributed by atoms with Crippen molar-refractivity contribution < 1.29 is 14.6 Å². The Bertz CT molecular complexity index is 605. The van der Waals surface area contributed by atoms with Crippen LogP contribution in [0.1, 0.15) is 10.5 Å². The van der Waals surface area contributed by atoms with Crippen molar-refractivity contribution in [1.29, 1.82) is 0 Å². The summed E-state index contributed by atoms with van der Waals surface area (Å²) in [6, 6.07) is 6.86. The molecule has 0 saturated carbocycles. The zero-order chi connectivity index (χ0) is 13.8. The number of carboxylic acid groups (broad SMARTS) is 1. The topological polar surface area (TPSA) is 64.4 Å². The molecule has 2 aromatic rings. The SMILES string of the molecule is C=CCOc1cn(-c2ccc(Cl)cc2)nc1C(=O)O. The third-order valence-corrected chi connectivity index (χ3v) is 2.58. The Morgan fingerprint density at radius 2 is 2.16 bits per heavy atom. The van der Waals surface area contributed by atoms with Crippen LogP contribution in [0.3, 0.4) is 0 Å². The predicted octanol–water partition coefficient (Wildman–Crippen LogP) is 2.79. The second kappa shape index (κ2) is 5.58. The zero-order valence-corrected chi connectivity index (χ0v) is 10.7. The molecule has 0 atom stereocenters. The van der Waals surface area contributed by atoms with Crippen LogP contribution in [0.15, 0.2) is 43.1 Å². The summed E-state index contributed by atoms with van der Waals surface area (Å²) in [7, 11) is 0. The third-order valence-electron chi connectivity index (χ3n) is 2.33. The predicted molar refractivity (Wildman–Crippen MR) is 71.2 cm³/mol. The molecule has 0 fully saturated rings. The molecular formula is C13H11ClN2O3. The fourth-order valence-electron chi connectivity index (χ4n) is 1.49. The summed E-state index contributed by atoms with van der Waals surface area (Å²) in [4.78, 5) is 11.1. The van der Waals surface area contributed by atoms with Gasteiger partial charge in [-0.15, -0.1) is 0 Å². The van der Waals surface area contributed by atoms with Crippen molar-refractivity contribution >= 4 is 17.6 Å². The minimum Gasteiger partial charge on any atom is -0.485 e. The molecule has 1 aromatic carbocycles. The van der Waals surface area contributed by atoms with E-state index in [0.717, 1.165) is 0 Å². The van der Waals surface area contributed by atoms with Crippen molar-refractivity contribution in [3.8, 4) is 11.4 Å². The third kappa shape index (κ3) is 2.95. The number of aromatic nitrogens is 2. The largest absolute Gasteiger partial charge is 0.485 e. The average Bonchev–Trinajstić information content (AvgIpc) is 2.81. The standard InChI is InChI=1S/C13H11ClN2O3/c1-2-7-19-11-8-16(15-12(11)13(17)18)10-5-3-9(14)4-6-10/h2-6,8H,1,7H2,(H,17,18). The van der Waals surface area contributed by atoms with Crippen LogP contribution in [0.5, 0.6) is 5.75 Å². The number of carboxylic acids is 1. The van der Waals surface area contributed by atoms with Gasteiger partial charge in [0.15, 0.2) is 5.75 Å². The number of halogens is 1. The van der Waals surface area contributed by atoms with Crippen LogP contribution in [-0.2, 0) is 0 Å². The van der Waals surface area contributed by atoms with Gasteiger partial charge < -0.3 is 9.84 Å². The number of nitrogens with zero attached hydrogens (tertiary/aromatic N) is 2. The van der Waals surface area contributed by atoms with Crippen molar-refractivity contribution in [3.63, 3.8) is 0 Å². The Hall–Kier alpha value is -2.27. The first-order valence-electron chi connectivity index (χ1n) is 5.44. The fourth-order valence-corrected chi connectivity index (χ4v) is 1.61. The first kappa shape index (κ1) is 13.2. The lowest BCUT2D eigenvalue weighted by Crippen LogP contribution is -2.03. The van der Waals surface area contributed by atoms with Crippen LogP contribution in [-0.4, -0.2) is 27.5 Å². The van der Waals surface area contributed by atoms with Gasteiger partial charge in [0.05, 0.1) is 11.9 Å². The van der Waals surface area contributed by atoms with Crippen molar-refractivity contribution in [2.24, 2.45) is 0 Å². The summed E-state index contributed by atoms with van der Waals surface area (Å²) in [6.07, 6.45) is 3.04. The van der Waals surface area contributed by atoms with E-state index in [-0.39, 0.29) is 18.1 Å². The van der Waals surface area contributed by atoms with E-state index in [0.29, 0.717) is 10.7 Å². The maximum Gasteiger partial charge on any atom is 0.360 e. The van der Waals surface area contributed by atoms with Gasteiger partial charge in [-0.2, -0.15) is 5.10 Å². The molecule has 1 N–H and O–H groups in total. The highest BCUT2D eigenvalue weighted by Gasteiger charge is 2.17. The van der Waals surface area contributed by atoms with Gasteiger partial charge in [0, 0.05) is 5.02 Å². The van der Waals surface area contributed by atoms with E-state index < -0.39 is 5.97 Å². The van der Waals surface area contributed by atoms with Gasteiger partial charge >= 0.3 is 5.97 Å². The van der Waals surface area contributed by atoms with Gasteiger partial charge in [-0.3, -0.25) is 0 Å². The lowest BCUT2D eigenvalue weighted by atomic mass is 10.3. The Morgan fingerprint density at radius 3 is 2.74 bits per heavy atom. The van der Waals surface area contributed by atoms with Gasteiger partial charge in [0.25, 0.3) is 0 Å². The van der Waals surface area contributed by atoms with E-state index in [4.69, 9.17) is 21.4 Å². The molecular weight excluding hydrogens is 268 g/mol. The summed E-state index contributed by atoms with van der Waals surface area (Å²) >= 11 is 5.80. The molecule has 0 bridgehead atoms. The summed E-state index contributed by atoms with van der Waals surface area (Å²) in [6.45, 7) is 3.73. The van der Waals surface area contributed by atoms with Crippen molar-refractivity contribution in [1.82, 2.24) is 9.78 Å². The van der Waals surface area contributed by atoms with Gasteiger partial charge in [-0.25, -0.2) is 9.48 Å². The lowest BCUT2D eigenvalue weighted by molar-refractivity contribution is 0.0686. The van der Waals surface area contributed by atoms with Crippen molar-refractivity contribution in [2.45, 2.75) is 0 Å². The normalized spacial score (nSPS) is 10.2. The van der Waals surface area contributed by atoms with Crippen LogP contribution in [0, 0.1) is 0 Å². The Balaban J connectivity index is 2.39. The highest BCUT2D eigenvalue weighted by molar-refractivity contribution is 6.30. The maximum absolute atomic E-state index is 11.1. The number of ether oxygens (including phenoxy) is 1. The van der Waals surface area contributed by atoms with Crippen molar-refractivity contribution in [3.05, 3.63) is 53.8 Å². The van der Waals surface area contributed by atoms with Gasteiger partial charge in [-0.05, 0) is 24.3 Å². The van der Waals surface area contributed by atoms with E-state index in [2.05, 4.69) is 11.7 Å². The molecule has 0 aliphatic rings. The number of hydrogen-bond acceptors (Lipinski definition) is 3. The zero-order valence-electron chi connectivity index (χ0n) is 9.91. The summed E-state index contributed by atoms with van der Waals surface area (Å²) < 4.78 is 6.69. The smallest absolute Gasteiger partial charge is 0.360 e. The number of carbonyl (C=O) groups is 1. The Labute approximate surface area is 114 Å². The fraction of sp³-hybridized carbons (Fsp3) is 0.0769. The van der Waals surface area contributed by atoms with E-state index in [1.807, 2.05) is 0 Å². The van der Waals surface area contributed by atoms with Crippen LogP contribution < -0.4 is 4.74 Å². The molecule has 98 valence electrons. The molecule has 0 saturated heterocycles. The van der Waals surface area contributed by atoms with Crippen LogP contribution in [0.2, 0.25) is 5.02 Å². The molecule has 1 heterocycles. The molecule has 2 rings (SSSR count). The van der Waals surface area contributed by atoms with Crippen LogP contribution in [0.4, 0.5) is 0 Å². The molecule has 0 amide bonds. The first-order chi connectivity index (χ1) is 9.11. The number of aromatic carboxylic acids is 1. The summed E-state index contributed by atoms with van der Waals surface area (Å²) in [5.41, 5.74) is 0.553. The first-order valence-corrected chi connectivity index (χ1v) is 5.82. The van der Waals surface area contributed by atoms with Gasteiger partial charge in [0.1, 0.15) is 6.61 Å². The highest BCUT2D eigenvalue weighted by atomic mass is 35.5. The van der Waals surface area contributed by atoms with Crippen LogP contribution in [0.25, 0.3) is 5.69 Å². The number of benzene rings is 1. The second-order valence-corrected chi connectivity index (χ2v) is 4.10. The molecule has 0 spiro atoms. The molecule has 5 nitrogen and oxygen atoms in total. The molecule has 19 heavy (non-hydrogen) atoms. The Morgan fingerprint density at radius 1 is 1.47 bits per heavy atom. The average molecular weight is 279 g/mol. The summed E-state index contributed by atoms with van der Waals surface area (Å²) in [5.74, 6) is -0.950. The monoisotopic (exact) mass is 278 g/mol. The van der Waals surface area contributed by atoms with E-state index in [1.165, 1.54) is 17.0 Å². The molecule has 6 heteroatoms. The maximum atomic E-state index is 11.1. The quantitative estimate of drug-likeness (QED) is 0.854. The number of rotatable bonds is 5. The van der Waals surface area contributed by atoms with E-state index >= 15 is 0 Å². The second-order valence-electron chi connectivity index (χ2n) is 3.67. The van der Waals surface area contributed by atoms with Gasteiger partial charge in [0.2, 0.25) is 5.69 Å². The van der Waals surface area contributed by atoms with Gasteiger partial charge in [-0.1, -0.05) is 24.3 Å². The molecule has 0 radical (unpaired) electrons. The van der Waals surface area contributed by atoms with E-state index in [1.54, 1.807) is 24.3 Å². The lowest BCUT2D eigenvalue weighted by Gasteiger charge is -2.00. The van der Waals surface area contributed by atoms with Crippen molar-refractivity contribution in [2.75, 3.05) is 6.61 Å². The minimum absolute atomic E-state index is 0.142. The van der Waals surface area contributed by atoms with E-state index in [9.17, 15) is 4.79 Å².